The summed E-state index contributed by atoms with van der Waals surface area (Å²) in [4.78, 5) is 2.06. The minimum absolute atomic E-state index is 0.349. The third-order valence-corrected chi connectivity index (χ3v) is 3.03. The van der Waals surface area contributed by atoms with Gasteiger partial charge in [-0.1, -0.05) is 6.07 Å². The molecule has 0 atom stereocenters. The van der Waals surface area contributed by atoms with Crippen molar-refractivity contribution in [3.8, 4) is 11.8 Å². The topological polar surface area (TPSA) is 45.5 Å². The van der Waals surface area contributed by atoms with Crippen LogP contribution in [-0.4, -0.2) is 33.9 Å². The lowest BCUT2D eigenvalue weighted by atomic mass is 9.87. The van der Waals surface area contributed by atoms with Crippen LogP contribution >= 0.6 is 0 Å². The van der Waals surface area contributed by atoms with Crippen LogP contribution < -0.4 is 9.64 Å². The molecule has 0 aliphatic carbocycles. The molecule has 4 nitrogen and oxygen atoms in total. The monoisotopic (exact) mass is 232 g/mol. The summed E-state index contributed by atoms with van der Waals surface area (Å²) in [6.45, 7) is 1.73. The maximum atomic E-state index is 9.15. The van der Waals surface area contributed by atoms with Crippen LogP contribution in [0.15, 0.2) is 24.3 Å². The highest BCUT2D eigenvalue weighted by Gasteiger charge is 2.40. The van der Waals surface area contributed by atoms with Gasteiger partial charge in [-0.05, 0) is 12.1 Å². The van der Waals surface area contributed by atoms with Gasteiger partial charge in [0.2, 0.25) is 0 Å². The summed E-state index contributed by atoms with van der Waals surface area (Å²) in [5.74, 6) is 0.824. The number of rotatable bonds is 4. The molecule has 0 N–H and O–H groups in total. The molecule has 17 heavy (non-hydrogen) atoms. The first-order valence-electron chi connectivity index (χ1n) is 5.53. The Kier molecular flexibility index (Phi) is 3.21. The fourth-order valence-electron chi connectivity index (χ4n) is 1.93. The highest BCUT2D eigenvalue weighted by Crippen LogP contribution is 2.30. The van der Waals surface area contributed by atoms with Crippen molar-refractivity contribution in [1.82, 2.24) is 0 Å². The number of nitriles is 1. The third kappa shape index (κ3) is 2.34. The van der Waals surface area contributed by atoms with Gasteiger partial charge < -0.3 is 14.4 Å². The largest absolute Gasteiger partial charge is 0.497 e. The van der Waals surface area contributed by atoms with Crippen molar-refractivity contribution in [2.24, 2.45) is 5.41 Å². The average molecular weight is 232 g/mol. The number of hydrogen-bond acceptors (Lipinski definition) is 4. The molecule has 2 rings (SSSR count). The number of benzene rings is 1. The van der Waals surface area contributed by atoms with Crippen LogP contribution in [0.4, 0.5) is 5.69 Å². The molecule has 0 saturated carbocycles. The van der Waals surface area contributed by atoms with Crippen LogP contribution in [0, 0.1) is 16.7 Å². The molecule has 1 saturated heterocycles. The summed E-state index contributed by atoms with van der Waals surface area (Å²) in [7, 11) is 3.63. The van der Waals surface area contributed by atoms with E-state index in [0.29, 0.717) is 19.8 Å². The quantitative estimate of drug-likeness (QED) is 0.792. The van der Waals surface area contributed by atoms with Gasteiger partial charge in [0.1, 0.15) is 11.2 Å². The van der Waals surface area contributed by atoms with Crippen LogP contribution in [-0.2, 0) is 4.74 Å². The Bertz CT molecular complexity index is 435. The van der Waals surface area contributed by atoms with Crippen LogP contribution in [0.25, 0.3) is 0 Å². The number of ether oxygens (including phenoxy) is 2. The van der Waals surface area contributed by atoms with Crippen molar-refractivity contribution in [3.63, 3.8) is 0 Å². The fourth-order valence-corrected chi connectivity index (χ4v) is 1.93. The summed E-state index contributed by atoms with van der Waals surface area (Å²) in [6, 6.07) is 10.2. The lowest BCUT2D eigenvalue weighted by Crippen LogP contribution is -2.49. The molecule has 1 aromatic carbocycles. The minimum Gasteiger partial charge on any atom is -0.497 e. The van der Waals surface area contributed by atoms with Crippen molar-refractivity contribution < 1.29 is 9.47 Å². The zero-order valence-electron chi connectivity index (χ0n) is 10.1. The predicted molar refractivity (Wildman–Crippen MR) is 65.1 cm³/mol. The van der Waals surface area contributed by atoms with E-state index in [1.54, 1.807) is 7.11 Å². The first-order valence-corrected chi connectivity index (χ1v) is 5.53. The van der Waals surface area contributed by atoms with Gasteiger partial charge in [-0.2, -0.15) is 5.26 Å². The minimum atomic E-state index is -0.349. The van der Waals surface area contributed by atoms with E-state index < -0.39 is 0 Å². The number of anilines is 1. The smallest absolute Gasteiger partial charge is 0.121 e. The Balaban J connectivity index is 2.09. The Morgan fingerprint density at radius 2 is 2.29 bits per heavy atom. The second-order valence-electron chi connectivity index (χ2n) is 4.44. The molecule has 4 heteroatoms. The highest BCUT2D eigenvalue weighted by atomic mass is 16.5. The molecule has 1 heterocycles. The van der Waals surface area contributed by atoms with Crippen molar-refractivity contribution in [3.05, 3.63) is 24.3 Å². The predicted octanol–water partition coefficient (Wildman–Crippen LogP) is 1.67. The SMILES string of the molecule is COc1cccc(N(C)CC2(C#N)COC2)c1. The summed E-state index contributed by atoms with van der Waals surface area (Å²) in [6.07, 6.45) is 0. The van der Waals surface area contributed by atoms with E-state index in [0.717, 1.165) is 11.4 Å². The normalized spacial score (nSPS) is 16.8. The van der Waals surface area contributed by atoms with Crippen molar-refractivity contribution >= 4 is 5.69 Å². The van der Waals surface area contributed by atoms with Crippen molar-refractivity contribution in [2.75, 3.05) is 38.8 Å². The van der Waals surface area contributed by atoms with Crippen molar-refractivity contribution in [2.45, 2.75) is 0 Å². The molecule has 0 radical (unpaired) electrons. The van der Waals surface area contributed by atoms with E-state index in [4.69, 9.17) is 14.7 Å². The Labute approximate surface area is 101 Å². The second-order valence-corrected chi connectivity index (χ2v) is 4.44. The Morgan fingerprint density at radius 3 is 2.82 bits per heavy atom. The van der Waals surface area contributed by atoms with E-state index in [2.05, 4.69) is 11.0 Å². The van der Waals surface area contributed by atoms with E-state index in [1.807, 2.05) is 31.3 Å². The highest BCUT2D eigenvalue weighted by molar-refractivity contribution is 5.50. The summed E-state index contributed by atoms with van der Waals surface area (Å²) < 4.78 is 10.3. The number of methoxy groups -OCH3 is 1. The van der Waals surface area contributed by atoms with Gasteiger partial charge in [0, 0.05) is 25.3 Å². The zero-order valence-corrected chi connectivity index (χ0v) is 10.1. The molecule has 0 amide bonds. The third-order valence-electron chi connectivity index (χ3n) is 3.03. The summed E-state index contributed by atoms with van der Waals surface area (Å²) in [5.41, 5.74) is 0.698. The van der Waals surface area contributed by atoms with E-state index in [9.17, 15) is 0 Å². The van der Waals surface area contributed by atoms with Gasteiger partial charge in [-0.15, -0.1) is 0 Å². The average Bonchev–Trinajstić information content (AvgIpc) is 2.33. The first-order chi connectivity index (χ1) is 8.19. The van der Waals surface area contributed by atoms with Gasteiger partial charge in [0.15, 0.2) is 0 Å². The molecule has 1 aliphatic heterocycles. The number of nitrogens with zero attached hydrogens (tertiary/aromatic N) is 2. The fraction of sp³-hybridized carbons (Fsp3) is 0.462. The van der Waals surface area contributed by atoms with Gasteiger partial charge in [-0.25, -0.2) is 0 Å². The molecular weight excluding hydrogens is 216 g/mol. The molecule has 90 valence electrons. The molecule has 1 aromatic rings. The van der Waals surface area contributed by atoms with Crippen molar-refractivity contribution in [1.29, 1.82) is 5.26 Å². The Morgan fingerprint density at radius 1 is 1.53 bits per heavy atom. The lowest BCUT2D eigenvalue weighted by molar-refractivity contribution is -0.0716. The summed E-state index contributed by atoms with van der Waals surface area (Å²) >= 11 is 0. The first kappa shape index (κ1) is 11.7. The maximum Gasteiger partial charge on any atom is 0.121 e. The molecule has 0 aromatic heterocycles. The molecule has 0 spiro atoms. The standard InChI is InChI=1S/C13H16N2O2/c1-15(8-13(7-14)9-17-10-13)11-4-3-5-12(6-11)16-2/h3-6H,8-10H2,1-2H3. The van der Waals surface area contributed by atoms with Gasteiger partial charge in [-0.3, -0.25) is 0 Å². The lowest BCUT2D eigenvalue weighted by Gasteiger charge is -2.38. The zero-order chi connectivity index (χ0) is 12.3. The van der Waals surface area contributed by atoms with Crippen LogP contribution in [0.2, 0.25) is 0 Å². The van der Waals surface area contributed by atoms with E-state index in [-0.39, 0.29) is 5.41 Å². The van der Waals surface area contributed by atoms with Crippen LogP contribution in [0.3, 0.4) is 0 Å². The van der Waals surface area contributed by atoms with Gasteiger partial charge in [0.25, 0.3) is 0 Å². The second kappa shape index (κ2) is 4.64. The molecule has 0 bridgehead atoms. The molecular formula is C13H16N2O2. The van der Waals surface area contributed by atoms with Crippen LogP contribution in [0.5, 0.6) is 5.75 Å². The summed E-state index contributed by atoms with van der Waals surface area (Å²) in [5, 5.41) is 9.15. The van der Waals surface area contributed by atoms with Crippen LogP contribution in [0.1, 0.15) is 0 Å². The van der Waals surface area contributed by atoms with Gasteiger partial charge in [0.05, 0.1) is 26.4 Å². The molecule has 0 unspecified atom stereocenters. The number of hydrogen-bond donors (Lipinski definition) is 0. The maximum absolute atomic E-state index is 9.15. The van der Waals surface area contributed by atoms with E-state index >= 15 is 0 Å². The molecule has 1 aliphatic rings. The molecule has 1 fully saturated rings. The Hall–Kier alpha value is -1.73. The van der Waals surface area contributed by atoms with E-state index in [1.165, 1.54) is 0 Å². The van der Waals surface area contributed by atoms with Gasteiger partial charge >= 0.3 is 0 Å².